The first-order valence-corrected chi connectivity index (χ1v) is 4.03. The minimum absolute atomic E-state index is 0. The Morgan fingerprint density at radius 3 is 1.85 bits per heavy atom. The van der Waals surface area contributed by atoms with E-state index in [0.717, 1.165) is 0 Å². The molecule has 2 nitrogen and oxygen atoms in total. The van der Waals surface area contributed by atoms with E-state index >= 15 is 0 Å². The molecule has 0 unspecified atom stereocenters. The van der Waals surface area contributed by atoms with Crippen LogP contribution in [0.25, 0.3) is 0 Å². The predicted molar refractivity (Wildman–Crippen MR) is 55.6 cm³/mol. The van der Waals surface area contributed by atoms with Gasteiger partial charge in [0.25, 0.3) is 0 Å². The summed E-state index contributed by atoms with van der Waals surface area (Å²) in [7, 11) is 0. The number of halogens is 3. The Morgan fingerprint density at radius 1 is 1.15 bits per heavy atom. The van der Waals surface area contributed by atoms with Gasteiger partial charge in [-0.25, -0.2) is 4.79 Å². The topological polar surface area (TPSA) is 37.3 Å². The average Bonchev–Trinajstić information content (AvgIpc) is 1.82. The normalized spacial score (nSPS) is 9.15. The summed E-state index contributed by atoms with van der Waals surface area (Å²) in [5, 5.41) is 9.02. The Morgan fingerprint density at radius 2 is 1.54 bits per heavy atom. The van der Waals surface area contributed by atoms with Crippen molar-refractivity contribution < 1.29 is 9.90 Å². The molecular weight excluding hydrogens is 262 g/mol. The van der Waals surface area contributed by atoms with Crippen LogP contribution in [0.15, 0.2) is 12.1 Å². The van der Waals surface area contributed by atoms with Gasteiger partial charge in [0.2, 0.25) is 0 Å². The zero-order chi connectivity index (χ0) is 9.30. The summed E-state index contributed by atoms with van der Waals surface area (Å²) in [5.74, 6) is -1.17. The third kappa shape index (κ3) is 3.68. The van der Waals surface area contributed by atoms with Crippen molar-refractivity contribution >= 4 is 92.2 Å². The molecule has 1 rings (SSSR count). The number of benzene rings is 1. The molecule has 0 atom stereocenters. The first kappa shape index (κ1) is 14.2. The minimum atomic E-state index is -1.17. The van der Waals surface area contributed by atoms with Crippen molar-refractivity contribution in [2.45, 2.75) is 0 Å². The molecule has 66 valence electrons. The number of carboxylic acid groups (broad SMARTS) is 1. The molecular formula is C7H4Cl3KO2. The van der Waals surface area contributed by atoms with Gasteiger partial charge in [0.15, 0.2) is 0 Å². The van der Waals surface area contributed by atoms with Crippen LogP contribution in [0, 0.1) is 0 Å². The van der Waals surface area contributed by atoms with Crippen molar-refractivity contribution in [3.63, 3.8) is 0 Å². The van der Waals surface area contributed by atoms with E-state index < -0.39 is 5.97 Å². The zero-order valence-corrected chi connectivity index (χ0v) is 7.91. The summed E-state index contributed by atoms with van der Waals surface area (Å²) >= 11 is 16.7. The molecule has 13 heavy (non-hydrogen) atoms. The fraction of sp³-hybridized carbons (Fsp3) is 0. The molecule has 0 radical (unpaired) electrons. The number of hydrogen-bond donors (Lipinski definition) is 1. The van der Waals surface area contributed by atoms with Gasteiger partial charge in [-0.1, -0.05) is 34.8 Å². The second-order valence-corrected chi connectivity index (χ2v) is 3.30. The Balaban J connectivity index is 0.00000144. The van der Waals surface area contributed by atoms with E-state index in [1.807, 2.05) is 0 Å². The summed E-state index contributed by atoms with van der Waals surface area (Å²) < 4.78 is 0. The van der Waals surface area contributed by atoms with Gasteiger partial charge in [-0.15, -0.1) is 0 Å². The standard InChI is InChI=1S/C7H3Cl3O2.K.H/c8-3-1-4(9)6(7(11)12)5(10)2-3;;/h1-2H,(H,11,12);;. The summed E-state index contributed by atoms with van der Waals surface area (Å²) in [5.41, 5.74) is -0.122. The van der Waals surface area contributed by atoms with Gasteiger partial charge < -0.3 is 5.11 Å². The van der Waals surface area contributed by atoms with E-state index in [4.69, 9.17) is 39.9 Å². The van der Waals surface area contributed by atoms with Gasteiger partial charge in [0.1, 0.15) is 0 Å². The molecule has 1 N–H and O–H groups in total. The van der Waals surface area contributed by atoms with Crippen molar-refractivity contribution in [3.05, 3.63) is 32.8 Å². The van der Waals surface area contributed by atoms with Crippen molar-refractivity contribution in [1.82, 2.24) is 0 Å². The summed E-state index contributed by atoms with van der Waals surface area (Å²) in [6.45, 7) is 0. The van der Waals surface area contributed by atoms with Crippen LogP contribution in [0.2, 0.25) is 15.1 Å². The van der Waals surface area contributed by atoms with Crippen molar-refractivity contribution in [2.75, 3.05) is 0 Å². The van der Waals surface area contributed by atoms with Gasteiger partial charge in [-0.2, -0.15) is 0 Å². The molecule has 0 spiro atoms. The van der Waals surface area contributed by atoms with E-state index in [1.165, 1.54) is 12.1 Å². The predicted octanol–water partition coefficient (Wildman–Crippen LogP) is 2.70. The molecule has 0 heterocycles. The Hall–Kier alpha value is 1.20. The van der Waals surface area contributed by atoms with Crippen LogP contribution in [0.5, 0.6) is 0 Å². The van der Waals surface area contributed by atoms with Crippen molar-refractivity contribution in [3.8, 4) is 0 Å². The van der Waals surface area contributed by atoms with E-state index in [-0.39, 0.29) is 67.0 Å². The quantitative estimate of drug-likeness (QED) is 0.793. The van der Waals surface area contributed by atoms with Crippen molar-refractivity contribution in [2.24, 2.45) is 0 Å². The molecule has 0 amide bonds. The second kappa shape index (κ2) is 5.93. The Kier molecular flexibility index (Phi) is 6.47. The van der Waals surface area contributed by atoms with Gasteiger partial charge in [-0.05, 0) is 12.1 Å². The SMILES string of the molecule is O=C(O)c1c(Cl)cc(Cl)cc1Cl.[KH]. The third-order valence-electron chi connectivity index (χ3n) is 1.22. The van der Waals surface area contributed by atoms with Gasteiger partial charge in [0, 0.05) is 5.02 Å². The summed E-state index contributed by atoms with van der Waals surface area (Å²) in [6, 6.07) is 2.66. The van der Waals surface area contributed by atoms with Crippen LogP contribution in [-0.2, 0) is 0 Å². The van der Waals surface area contributed by atoms with E-state index in [1.54, 1.807) is 0 Å². The fourth-order valence-corrected chi connectivity index (χ4v) is 1.73. The molecule has 0 saturated heterocycles. The maximum atomic E-state index is 10.5. The molecule has 0 bridgehead atoms. The van der Waals surface area contributed by atoms with Crippen LogP contribution >= 0.6 is 34.8 Å². The molecule has 0 aliphatic carbocycles. The van der Waals surface area contributed by atoms with Crippen LogP contribution in [0.1, 0.15) is 10.4 Å². The first-order chi connectivity index (χ1) is 5.52. The molecule has 1 aromatic rings. The molecule has 1 aromatic carbocycles. The molecule has 0 aliphatic rings. The first-order valence-electron chi connectivity index (χ1n) is 2.90. The zero-order valence-electron chi connectivity index (χ0n) is 5.64. The van der Waals surface area contributed by atoms with Gasteiger partial charge in [-0.3, -0.25) is 0 Å². The van der Waals surface area contributed by atoms with E-state index in [0.29, 0.717) is 5.02 Å². The van der Waals surface area contributed by atoms with Crippen LogP contribution in [-0.4, -0.2) is 62.5 Å². The van der Waals surface area contributed by atoms with E-state index in [9.17, 15) is 4.79 Å². The average molecular weight is 266 g/mol. The number of hydrogen-bond acceptors (Lipinski definition) is 1. The molecule has 0 fully saturated rings. The maximum absolute atomic E-state index is 10.5. The summed E-state index contributed by atoms with van der Waals surface area (Å²) in [6.07, 6.45) is 0. The fourth-order valence-electron chi connectivity index (χ4n) is 0.747. The molecule has 0 saturated carbocycles. The van der Waals surface area contributed by atoms with E-state index in [2.05, 4.69) is 0 Å². The van der Waals surface area contributed by atoms with Gasteiger partial charge in [0.05, 0.1) is 15.6 Å². The monoisotopic (exact) mass is 264 g/mol. The molecule has 0 aromatic heterocycles. The number of carboxylic acids is 1. The van der Waals surface area contributed by atoms with Crippen LogP contribution < -0.4 is 0 Å². The van der Waals surface area contributed by atoms with Crippen LogP contribution in [0.4, 0.5) is 0 Å². The van der Waals surface area contributed by atoms with Crippen LogP contribution in [0.3, 0.4) is 0 Å². The third-order valence-corrected chi connectivity index (χ3v) is 2.04. The summed E-state index contributed by atoms with van der Waals surface area (Å²) in [4.78, 5) is 10.5. The van der Waals surface area contributed by atoms with Gasteiger partial charge >= 0.3 is 57.4 Å². The molecule has 6 heteroatoms. The number of aromatic carboxylic acids is 1. The molecule has 0 aliphatic heterocycles. The number of carbonyl (C=O) groups is 1. The number of rotatable bonds is 1. The second-order valence-electron chi connectivity index (χ2n) is 2.05. The Bertz CT molecular complexity index is 318. The Labute approximate surface area is 133 Å². The van der Waals surface area contributed by atoms with Crippen molar-refractivity contribution in [1.29, 1.82) is 0 Å².